The van der Waals surface area contributed by atoms with E-state index in [1.54, 1.807) is 20.8 Å². The third kappa shape index (κ3) is 6.43. The summed E-state index contributed by atoms with van der Waals surface area (Å²) in [6.07, 6.45) is 0.422. The molecule has 23 heavy (non-hydrogen) atoms. The second-order valence-corrected chi connectivity index (χ2v) is 6.14. The molecule has 0 bridgehead atoms. The first-order valence-corrected chi connectivity index (χ1v) is 7.31. The number of oxime groups is 1. The van der Waals surface area contributed by atoms with Gasteiger partial charge in [-0.1, -0.05) is 5.16 Å². The van der Waals surface area contributed by atoms with Gasteiger partial charge in [0.1, 0.15) is 5.69 Å². The number of hydrogen-bond acceptors (Lipinski definition) is 10. The van der Waals surface area contributed by atoms with E-state index >= 15 is 0 Å². The van der Waals surface area contributed by atoms with Gasteiger partial charge in [-0.2, -0.15) is 0 Å². The first-order valence-electron chi connectivity index (χ1n) is 6.43. The summed E-state index contributed by atoms with van der Waals surface area (Å²) in [7, 11) is 0. The molecule has 126 valence electrons. The lowest BCUT2D eigenvalue weighted by atomic mass is 9.98. The normalized spacial score (nSPS) is 11.7. The van der Waals surface area contributed by atoms with Crippen LogP contribution in [-0.2, 0) is 28.7 Å². The fourth-order valence-electron chi connectivity index (χ4n) is 1.10. The maximum Gasteiger partial charge on any atom is 0.349 e. The summed E-state index contributed by atoms with van der Waals surface area (Å²) in [4.78, 5) is 42.2. The minimum absolute atomic E-state index is 0.107. The smallest absolute Gasteiger partial charge is 0.349 e. The lowest BCUT2D eigenvalue weighted by molar-refractivity contribution is -0.175. The number of thiazole rings is 1. The minimum atomic E-state index is -0.807. The van der Waals surface area contributed by atoms with Crippen LogP contribution in [0.3, 0.4) is 0 Å². The molecule has 0 amide bonds. The molecule has 0 spiro atoms. The molecule has 1 aromatic heterocycles. The molecule has 0 unspecified atom stereocenters. The van der Waals surface area contributed by atoms with E-state index in [4.69, 9.17) is 15.3 Å². The van der Waals surface area contributed by atoms with Crippen LogP contribution < -0.4 is 5.73 Å². The number of aromatic nitrogens is 1. The van der Waals surface area contributed by atoms with Crippen molar-refractivity contribution in [3.8, 4) is 0 Å². The molecule has 0 radical (unpaired) electrons. The molecule has 0 aliphatic heterocycles. The number of esters is 2. The van der Waals surface area contributed by atoms with Crippen molar-refractivity contribution in [3.63, 3.8) is 0 Å². The summed E-state index contributed by atoms with van der Waals surface area (Å²) in [6.45, 7) is 3.93. The number of anilines is 1. The molecule has 2 N–H and O–H groups in total. The van der Waals surface area contributed by atoms with Crippen LogP contribution in [0.1, 0.15) is 26.5 Å². The topological polar surface area (TPSA) is 130 Å². The number of nitrogens with zero attached hydrogens (tertiary/aromatic N) is 2. The van der Waals surface area contributed by atoms with Crippen molar-refractivity contribution in [1.29, 1.82) is 0 Å². The molecule has 9 nitrogen and oxygen atoms in total. The Balaban J connectivity index is 2.37. The Bertz CT molecular complexity index is 605. The highest BCUT2D eigenvalue weighted by Gasteiger charge is 2.23. The molecule has 0 fully saturated rings. The van der Waals surface area contributed by atoms with Gasteiger partial charge >= 0.3 is 11.9 Å². The Labute approximate surface area is 136 Å². The van der Waals surface area contributed by atoms with Gasteiger partial charge in [0.2, 0.25) is 13.4 Å². The van der Waals surface area contributed by atoms with Crippen LogP contribution in [0.5, 0.6) is 0 Å². The lowest BCUT2D eigenvalue weighted by Gasteiger charge is -2.16. The maximum atomic E-state index is 11.4. The molecular weight excluding hydrogens is 326 g/mol. The minimum Gasteiger partial charge on any atom is -0.427 e. The molecule has 1 rings (SSSR count). The molecule has 0 aliphatic carbocycles. The Morgan fingerprint density at radius 1 is 1.39 bits per heavy atom. The van der Waals surface area contributed by atoms with E-state index in [9.17, 15) is 14.4 Å². The van der Waals surface area contributed by atoms with Crippen molar-refractivity contribution in [2.75, 3.05) is 19.1 Å². The number of hydrogen-bond donors (Lipinski definition) is 1. The lowest BCUT2D eigenvalue weighted by Crippen LogP contribution is -2.25. The van der Waals surface area contributed by atoms with Gasteiger partial charge in [-0.3, -0.25) is 9.59 Å². The van der Waals surface area contributed by atoms with Crippen LogP contribution in [0.2, 0.25) is 0 Å². The highest BCUT2D eigenvalue weighted by atomic mass is 32.1. The Morgan fingerprint density at radius 2 is 2.09 bits per heavy atom. The molecule has 0 atom stereocenters. The van der Waals surface area contributed by atoms with Gasteiger partial charge in [-0.15, -0.1) is 11.3 Å². The summed E-state index contributed by atoms with van der Waals surface area (Å²) in [5.74, 6) is -1.31. The summed E-state index contributed by atoms with van der Waals surface area (Å²) in [5.41, 5.74) is 4.88. The summed E-state index contributed by atoms with van der Waals surface area (Å²) >= 11 is 1.13. The number of aldehydes is 1. The monoisotopic (exact) mass is 343 g/mol. The number of ether oxygens (including phenoxy) is 2. The zero-order chi connectivity index (χ0) is 17.5. The largest absolute Gasteiger partial charge is 0.427 e. The predicted molar refractivity (Wildman–Crippen MR) is 81.6 cm³/mol. The number of nitrogen functional groups attached to an aromatic ring is 1. The van der Waals surface area contributed by atoms with Crippen molar-refractivity contribution >= 4 is 40.4 Å². The van der Waals surface area contributed by atoms with Gasteiger partial charge in [0, 0.05) is 5.38 Å². The van der Waals surface area contributed by atoms with Crippen molar-refractivity contribution in [3.05, 3.63) is 11.1 Å². The van der Waals surface area contributed by atoms with Crippen molar-refractivity contribution in [2.45, 2.75) is 20.8 Å². The number of carbonyl (C=O) groups is 3. The van der Waals surface area contributed by atoms with Gasteiger partial charge < -0.3 is 20.0 Å². The standard InChI is InChI=1S/C13H17N3O6S/c1-13(2,3)11(19)21-7-20-10(18)5-22-16-8(4-17)9-6-23-12(14)15-9/h4,6H,5,7H2,1-3H3,(H2,14,15). The highest BCUT2D eigenvalue weighted by Crippen LogP contribution is 2.14. The third-order valence-corrected chi connectivity index (χ3v) is 2.94. The number of nitrogens with two attached hydrogens (primary N) is 1. The van der Waals surface area contributed by atoms with Crippen LogP contribution in [0.25, 0.3) is 0 Å². The molecule has 0 aliphatic rings. The van der Waals surface area contributed by atoms with Crippen molar-refractivity contribution < 1.29 is 28.7 Å². The van der Waals surface area contributed by atoms with Gasteiger partial charge in [0.15, 0.2) is 17.1 Å². The zero-order valence-electron chi connectivity index (χ0n) is 12.9. The summed E-state index contributed by atoms with van der Waals surface area (Å²) in [6, 6.07) is 0. The van der Waals surface area contributed by atoms with Crippen LogP contribution in [0, 0.1) is 5.41 Å². The molecule has 1 aromatic rings. The number of carbonyl (C=O) groups excluding carboxylic acids is 3. The second-order valence-electron chi connectivity index (χ2n) is 5.25. The predicted octanol–water partition coefficient (Wildman–Crippen LogP) is 0.735. The third-order valence-electron chi connectivity index (χ3n) is 2.26. The van der Waals surface area contributed by atoms with E-state index in [2.05, 4.69) is 14.9 Å². The molecular formula is C13H17N3O6S. The average Bonchev–Trinajstić information content (AvgIpc) is 2.89. The Hall–Kier alpha value is -2.49. The van der Waals surface area contributed by atoms with E-state index in [0.717, 1.165) is 11.3 Å². The fourth-order valence-corrected chi connectivity index (χ4v) is 1.65. The highest BCUT2D eigenvalue weighted by molar-refractivity contribution is 7.13. The zero-order valence-corrected chi connectivity index (χ0v) is 13.7. The van der Waals surface area contributed by atoms with Crippen molar-refractivity contribution in [1.82, 2.24) is 4.98 Å². The molecule has 0 saturated heterocycles. The SMILES string of the molecule is CC(C)(C)C(=O)OCOC(=O)CON=C(C=O)c1csc(N)n1. The van der Waals surface area contributed by atoms with Crippen molar-refractivity contribution in [2.24, 2.45) is 10.6 Å². The van der Waals surface area contributed by atoms with E-state index in [-0.39, 0.29) is 16.5 Å². The Kier molecular flexibility index (Phi) is 6.64. The van der Waals surface area contributed by atoms with Crippen LogP contribution in [0.15, 0.2) is 10.5 Å². The second kappa shape index (κ2) is 8.22. The van der Waals surface area contributed by atoms with E-state index in [1.807, 2.05) is 0 Å². The van der Waals surface area contributed by atoms with Gasteiger partial charge in [0.25, 0.3) is 0 Å². The number of rotatable bonds is 7. The van der Waals surface area contributed by atoms with E-state index in [0.29, 0.717) is 6.29 Å². The maximum absolute atomic E-state index is 11.4. The Morgan fingerprint density at radius 3 is 2.61 bits per heavy atom. The van der Waals surface area contributed by atoms with Crippen LogP contribution in [0.4, 0.5) is 5.13 Å². The molecule has 10 heteroatoms. The first kappa shape index (κ1) is 18.6. The molecule has 1 heterocycles. The van der Waals surface area contributed by atoms with Gasteiger partial charge in [-0.25, -0.2) is 9.78 Å². The summed E-state index contributed by atoms with van der Waals surface area (Å²) < 4.78 is 9.38. The first-order chi connectivity index (χ1) is 10.7. The quantitative estimate of drug-likeness (QED) is 0.252. The van der Waals surface area contributed by atoms with Gasteiger partial charge in [0.05, 0.1) is 5.41 Å². The summed E-state index contributed by atoms with van der Waals surface area (Å²) in [5, 5.41) is 5.27. The average molecular weight is 343 g/mol. The fraction of sp³-hybridized carbons (Fsp3) is 0.462. The van der Waals surface area contributed by atoms with E-state index < -0.39 is 30.8 Å². The van der Waals surface area contributed by atoms with Crippen LogP contribution >= 0.6 is 11.3 Å². The van der Waals surface area contributed by atoms with Gasteiger partial charge in [-0.05, 0) is 20.8 Å². The molecule has 0 saturated carbocycles. The van der Waals surface area contributed by atoms with E-state index in [1.165, 1.54) is 5.38 Å². The van der Waals surface area contributed by atoms with Crippen LogP contribution in [-0.4, -0.2) is 42.3 Å². The molecule has 0 aromatic carbocycles.